The van der Waals surface area contributed by atoms with Gasteiger partial charge in [0.25, 0.3) is 0 Å². The molecule has 3 unspecified atom stereocenters. The Kier molecular flexibility index (Phi) is 28.7. The third-order valence-corrected chi connectivity index (χ3v) is 6.59. The SMILES string of the molecule is CC/C=C\C/C=C\C/C=C\C/C=C\C/C=C\C/C=C\CCCCCCCOCC(O)COP(=O)(O)OCC(O)CO. The standard InChI is InChI=1S/C32H55O8P/c1-2-3-4-5-6-7-8-9-10-11-12-13-14-15-16-17-18-19-20-21-22-23-24-25-26-38-28-32(35)30-40-41(36,37)39-29-31(34)27-33/h3-4,6-7,9-10,12-13,15-16,18-19,31-35H,2,5,8,11,14,17,20-30H2,1H3,(H,36,37)/b4-3-,7-6-,10-9-,13-12-,16-15-,19-18-. The number of unbranched alkanes of at least 4 members (excludes halogenated alkanes) is 5. The van der Waals surface area contributed by atoms with Crippen molar-refractivity contribution in [3.05, 3.63) is 72.9 Å². The third kappa shape index (κ3) is 31.2. The molecular weight excluding hydrogens is 543 g/mol. The molecule has 236 valence electrons. The second-order valence-corrected chi connectivity index (χ2v) is 11.1. The van der Waals surface area contributed by atoms with Crippen LogP contribution in [-0.2, 0) is 18.3 Å². The van der Waals surface area contributed by atoms with E-state index < -0.39 is 39.9 Å². The maximum atomic E-state index is 11.6. The predicted octanol–water partition coefficient (Wildman–Crippen LogP) is 6.89. The zero-order valence-electron chi connectivity index (χ0n) is 25.0. The maximum Gasteiger partial charge on any atom is 0.472 e. The molecule has 8 nitrogen and oxygen atoms in total. The van der Waals surface area contributed by atoms with Crippen LogP contribution in [0.2, 0.25) is 0 Å². The van der Waals surface area contributed by atoms with Crippen molar-refractivity contribution in [3.63, 3.8) is 0 Å². The first-order valence-electron chi connectivity index (χ1n) is 15.0. The predicted molar refractivity (Wildman–Crippen MR) is 168 cm³/mol. The molecule has 0 aromatic rings. The average molecular weight is 599 g/mol. The van der Waals surface area contributed by atoms with Gasteiger partial charge in [-0.25, -0.2) is 4.57 Å². The van der Waals surface area contributed by atoms with Gasteiger partial charge >= 0.3 is 7.82 Å². The molecular formula is C32H55O8P. The molecule has 0 radical (unpaired) electrons. The molecule has 0 rings (SSSR count). The van der Waals surface area contributed by atoms with Gasteiger partial charge in [-0.15, -0.1) is 0 Å². The van der Waals surface area contributed by atoms with Crippen molar-refractivity contribution < 1.29 is 38.6 Å². The van der Waals surface area contributed by atoms with Crippen LogP contribution in [0.1, 0.15) is 84.0 Å². The lowest BCUT2D eigenvalue weighted by Crippen LogP contribution is -2.23. The zero-order chi connectivity index (χ0) is 30.3. The van der Waals surface area contributed by atoms with Gasteiger partial charge in [0.1, 0.15) is 12.2 Å². The lowest BCUT2D eigenvalue weighted by atomic mass is 10.1. The molecule has 41 heavy (non-hydrogen) atoms. The fourth-order valence-corrected chi connectivity index (χ4v) is 4.15. The molecule has 0 aromatic carbocycles. The summed E-state index contributed by atoms with van der Waals surface area (Å²) in [4.78, 5) is 9.43. The van der Waals surface area contributed by atoms with Crippen molar-refractivity contribution in [2.24, 2.45) is 0 Å². The summed E-state index contributed by atoms with van der Waals surface area (Å²) in [6.45, 7) is 1.06. The minimum atomic E-state index is -4.40. The number of hydrogen-bond donors (Lipinski definition) is 4. The highest BCUT2D eigenvalue weighted by Crippen LogP contribution is 2.43. The fraction of sp³-hybridized carbons (Fsp3) is 0.625. The van der Waals surface area contributed by atoms with Gasteiger partial charge in [0, 0.05) is 6.61 Å². The zero-order valence-corrected chi connectivity index (χ0v) is 25.9. The van der Waals surface area contributed by atoms with E-state index in [0.717, 1.165) is 70.6 Å². The summed E-state index contributed by atoms with van der Waals surface area (Å²) < 4.78 is 26.1. The quantitative estimate of drug-likeness (QED) is 0.0436. The lowest BCUT2D eigenvalue weighted by Gasteiger charge is -2.16. The second kappa shape index (κ2) is 29.9. The number of ether oxygens (including phenoxy) is 1. The second-order valence-electron chi connectivity index (χ2n) is 9.60. The normalized spacial score (nSPS) is 15.9. The molecule has 0 fully saturated rings. The van der Waals surface area contributed by atoms with Gasteiger partial charge in [-0.05, 0) is 57.8 Å². The van der Waals surface area contributed by atoms with Crippen LogP contribution in [-0.4, -0.2) is 65.5 Å². The molecule has 0 aromatic heterocycles. The van der Waals surface area contributed by atoms with Crippen LogP contribution in [0.3, 0.4) is 0 Å². The Morgan fingerprint density at radius 1 is 0.610 bits per heavy atom. The molecule has 0 saturated heterocycles. The van der Waals surface area contributed by atoms with E-state index in [-0.39, 0.29) is 6.61 Å². The van der Waals surface area contributed by atoms with Gasteiger partial charge in [-0.1, -0.05) is 99.1 Å². The maximum absolute atomic E-state index is 11.6. The molecule has 0 aliphatic rings. The molecule has 0 aliphatic heterocycles. The van der Waals surface area contributed by atoms with Crippen LogP contribution >= 0.6 is 7.82 Å². The van der Waals surface area contributed by atoms with E-state index in [1.165, 1.54) is 6.42 Å². The number of phosphoric acid groups is 1. The fourth-order valence-electron chi connectivity index (χ4n) is 3.35. The van der Waals surface area contributed by atoms with Gasteiger partial charge in [0.15, 0.2) is 0 Å². The molecule has 0 heterocycles. The number of phosphoric ester groups is 1. The number of hydrogen-bond acceptors (Lipinski definition) is 7. The summed E-state index contributed by atoms with van der Waals surface area (Å²) in [6.07, 6.45) is 36.7. The summed E-state index contributed by atoms with van der Waals surface area (Å²) >= 11 is 0. The van der Waals surface area contributed by atoms with Crippen molar-refractivity contribution in [2.75, 3.05) is 33.0 Å². The summed E-state index contributed by atoms with van der Waals surface area (Å²) in [5, 5.41) is 27.5. The van der Waals surface area contributed by atoms with E-state index in [1.807, 2.05) is 0 Å². The number of allylic oxidation sites excluding steroid dienone is 12. The summed E-state index contributed by atoms with van der Waals surface area (Å²) in [5.74, 6) is 0. The van der Waals surface area contributed by atoms with Crippen molar-refractivity contribution in [1.82, 2.24) is 0 Å². The van der Waals surface area contributed by atoms with Crippen LogP contribution in [0.5, 0.6) is 0 Å². The molecule has 3 atom stereocenters. The van der Waals surface area contributed by atoms with Gasteiger partial charge in [0.2, 0.25) is 0 Å². The third-order valence-electron chi connectivity index (χ3n) is 5.64. The van der Waals surface area contributed by atoms with Crippen LogP contribution in [0.25, 0.3) is 0 Å². The molecule has 0 saturated carbocycles. The van der Waals surface area contributed by atoms with Crippen molar-refractivity contribution in [3.8, 4) is 0 Å². The van der Waals surface area contributed by atoms with E-state index in [2.05, 4.69) is 88.9 Å². The van der Waals surface area contributed by atoms with Crippen LogP contribution in [0.15, 0.2) is 72.9 Å². The Morgan fingerprint density at radius 3 is 1.56 bits per heavy atom. The lowest BCUT2D eigenvalue weighted by molar-refractivity contribution is -0.00437. The van der Waals surface area contributed by atoms with Gasteiger partial charge in [-0.2, -0.15) is 0 Å². The smallest absolute Gasteiger partial charge is 0.394 e. The number of rotatable bonds is 28. The first-order valence-corrected chi connectivity index (χ1v) is 16.5. The van der Waals surface area contributed by atoms with E-state index in [9.17, 15) is 14.6 Å². The van der Waals surface area contributed by atoms with E-state index in [4.69, 9.17) is 14.9 Å². The summed E-state index contributed by atoms with van der Waals surface area (Å²) in [6, 6.07) is 0. The Balaban J connectivity index is 3.53. The van der Waals surface area contributed by atoms with Crippen molar-refractivity contribution in [2.45, 2.75) is 96.2 Å². The first-order chi connectivity index (χ1) is 19.9. The van der Waals surface area contributed by atoms with E-state index in [1.54, 1.807) is 0 Å². The highest BCUT2D eigenvalue weighted by Gasteiger charge is 2.24. The van der Waals surface area contributed by atoms with Gasteiger partial charge in [-0.3, -0.25) is 9.05 Å². The molecule has 0 bridgehead atoms. The van der Waals surface area contributed by atoms with Gasteiger partial charge < -0.3 is 24.9 Å². The van der Waals surface area contributed by atoms with Crippen LogP contribution in [0.4, 0.5) is 0 Å². The topological polar surface area (TPSA) is 126 Å². The Labute approximate surface area is 248 Å². The molecule has 9 heteroatoms. The van der Waals surface area contributed by atoms with Crippen LogP contribution < -0.4 is 0 Å². The molecule has 0 amide bonds. The summed E-state index contributed by atoms with van der Waals surface area (Å²) in [7, 11) is -4.40. The van der Waals surface area contributed by atoms with Crippen molar-refractivity contribution >= 4 is 7.82 Å². The minimum Gasteiger partial charge on any atom is -0.394 e. The molecule has 0 spiro atoms. The number of aliphatic hydroxyl groups excluding tert-OH is 3. The first kappa shape index (κ1) is 39.4. The number of aliphatic hydroxyl groups is 3. The average Bonchev–Trinajstić information content (AvgIpc) is 2.96. The van der Waals surface area contributed by atoms with Gasteiger partial charge in [0.05, 0.1) is 26.4 Å². The summed E-state index contributed by atoms with van der Waals surface area (Å²) in [5.41, 5.74) is 0. The van der Waals surface area contributed by atoms with Crippen LogP contribution in [0, 0.1) is 0 Å². The Morgan fingerprint density at radius 2 is 1.05 bits per heavy atom. The minimum absolute atomic E-state index is 0.0120. The van der Waals surface area contributed by atoms with E-state index in [0.29, 0.717) is 6.61 Å². The monoisotopic (exact) mass is 598 g/mol. The Bertz CT molecular complexity index is 804. The van der Waals surface area contributed by atoms with E-state index >= 15 is 0 Å². The Hall–Kier alpha value is -1.61. The highest BCUT2D eigenvalue weighted by molar-refractivity contribution is 7.47. The molecule has 4 N–H and O–H groups in total. The van der Waals surface area contributed by atoms with Crippen molar-refractivity contribution in [1.29, 1.82) is 0 Å². The highest BCUT2D eigenvalue weighted by atomic mass is 31.2. The molecule has 0 aliphatic carbocycles. The largest absolute Gasteiger partial charge is 0.472 e.